The number of rotatable bonds is 6. The van der Waals surface area contributed by atoms with Crippen molar-refractivity contribution < 1.29 is 9.53 Å². The number of aromatic nitrogens is 3. The highest BCUT2D eigenvalue weighted by Crippen LogP contribution is 2.25. The van der Waals surface area contributed by atoms with Crippen LogP contribution in [0.15, 0.2) is 44.3 Å². The van der Waals surface area contributed by atoms with Crippen molar-refractivity contribution in [1.82, 2.24) is 19.4 Å². The molecule has 10 heteroatoms. The molecule has 0 unspecified atom stereocenters. The summed E-state index contributed by atoms with van der Waals surface area (Å²) in [5.74, 6) is -0.319. The zero-order valence-corrected chi connectivity index (χ0v) is 17.4. The molecule has 1 fully saturated rings. The predicted octanol–water partition coefficient (Wildman–Crippen LogP) is 1.63. The van der Waals surface area contributed by atoms with Crippen molar-refractivity contribution in [2.45, 2.75) is 29.8 Å². The molecule has 4 rings (SSSR count). The number of thioether (sulfide) groups is 1. The van der Waals surface area contributed by atoms with E-state index in [-0.39, 0.29) is 24.2 Å². The summed E-state index contributed by atoms with van der Waals surface area (Å²) in [4.78, 5) is 43.1. The molecule has 0 spiro atoms. The molecule has 1 saturated heterocycles. The van der Waals surface area contributed by atoms with E-state index >= 15 is 0 Å². The van der Waals surface area contributed by atoms with Gasteiger partial charge in [0, 0.05) is 13.2 Å². The van der Waals surface area contributed by atoms with Gasteiger partial charge in [0.15, 0.2) is 9.99 Å². The third kappa shape index (κ3) is 4.00. The molecule has 3 aromatic rings. The quantitative estimate of drug-likeness (QED) is 0.595. The van der Waals surface area contributed by atoms with Crippen LogP contribution in [0, 0.1) is 0 Å². The number of nitrogens with zero attached hydrogens (tertiary/aromatic N) is 3. The largest absolute Gasteiger partial charge is 0.376 e. The highest BCUT2D eigenvalue weighted by molar-refractivity contribution is 8.00. The number of para-hydroxylation sites is 1. The van der Waals surface area contributed by atoms with Crippen molar-refractivity contribution in [3.63, 3.8) is 0 Å². The van der Waals surface area contributed by atoms with E-state index in [1.807, 2.05) is 12.3 Å². The van der Waals surface area contributed by atoms with Crippen molar-refractivity contribution >= 4 is 39.4 Å². The van der Waals surface area contributed by atoms with Gasteiger partial charge in [-0.05, 0) is 31.2 Å². The number of benzene rings is 1. The Balaban J connectivity index is 1.75. The van der Waals surface area contributed by atoms with Crippen molar-refractivity contribution in [1.29, 1.82) is 0 Å². The molecule has 0 radical (unpaired) electrons. The van der Waals surface area contributed by atoms with Crippen LogP contribution in [0.1, 0.15) is 12.8 Å². The van der Waals surface area contributed by atoms with Crippen LogP contribution >= 0.6 is 23.1 Å². The van der Waals surface area contributed by atoms with Crippen LogP contribution in [0.5, 0.6) is 0 Å². The number of amides is 1. The van der Waals surface area contributed by atoms with Gasteiger partial charge >= 0.3 is 5.69 Å². The highest BCUT2D eigenvalue weighted by Gasteiger charge is 2.21. The van der Waals surface area contributed by atoms with E-state index < -0.39 is 11.2 Å². The van der Waals surface area contributed by atoms with Gasteiger partial charge < -0.3 is 10.1 Å². The topological polar surface area (TPSA) is 95.2 Å². The normalized spacial score (nSPS) is 16.4. The molecule has 1 atom stereocenters. The number of fused-ring (bicyclic) bond motifs is 1. The Hall–Kier alpha value is -2.43. The van der Waals surface area contributed by atoms with E-state index in [0.29, 0.717) is 27.9 Å². The second-order valence-corrected chi connectivity index (χ2v) is 8.67. The summed E-state index contributed by atoms with van der Waals surface area (Å²) in [6.07, 6.45) is 3.76. The standard InChI is InChI=1S/C19H20N4O4S2/c1-28-18-21-16-15(29-18)17(25)23(12-6-3-2-4-7-12)19(26)22(16)11-14(24)20-10-13-8-5-9-27-13/h2-4,6-7,13H,5,8-11H2,1H3,(H,20,24)/t13-/m0/s1. The fraction of sp³-hybridized carbons (Fsp3) is 0.368. The van der Waals surface area contributed by atoms with Gasteiger partial charge in [-0.2, -0.15) is 0 Å². The van der Waals surface area contributed by atoms with Crippen LogP contribution in [-0.4, -0.2) is 45.5 Å². The van der Waals surface area contributed by atoms with Gasteiger partial charge in [0.05, 0.1) is 11.8 Å². The van der Waals surface area contributed by atoms with E-state index in [0.717, 1.165) is 17.4 Å². The third-order valence-electron chi connectivity index (χ3n) is 4.71. The van der Waals surface area contributed by atoms with E-state index in [1.165, 1.54) is 27.7 Å². The highest BCUT2D eigenvalue weighted by atomic mass is 32.2. The van der Waals surface area contributed by atoms with Gasteiger partial charge in [0.2, 0.25) is 5.91 Å². The fourth-order valence-corrected chi connectivity index (χ4v) is 4.78. The number of carbonyl (C=O) groups is 1. The van der Waals surface area contributed by atoms with Crippen molar-refractivity contribution in [3.8, 4) is 5.69 Å². The number of hydrogen-bond donors (Lipinski definition) is 1. The zero-order valence-electron chi connectivity index (χ0n) is 15.8. The molecule has 2 aromatic heterocycles. The Bertz CT molecular complexity index is 1150. The third-order valence-corrected chi connectivity index (χ3v) is 6.72. The smallest absolute Gasteiger partial charge is 0.337 e. The lowest BCUT2D eigenvalue weighted by Crippen LogP contribution is -2.42. The van der Waals surface area contributed by atoms with Crippen LogP contribution in [-0.2, 0) is 16.1 Å². The van der Waals surface area contributed by atoms with Gasteiger partial charge in [0.25, 0.3) is 5.56 Å². The lowest BCUT2D eigenvalue weighted by atomic mass is 10.2. The van der Waals surface area contributed by atoms with Gasteiger partial charge in [-0.1, -0.05) is 30.0 Å². The molecule has 0 bridgehead atoms. The molecule has 8 nitrogen and oxygen atoms in total. The fourth-order valence-electron chi connectivity index (χ4n) is 3.28. The summed E-state index contributed by atoms with van der Waals surface area (Å²) >= 11 is 2.62. The summed E-state index contributed by atoms with van der Waals surface area (Å²) < 4.78 is 8.89. The lowest BCUT2D eigenvalue weighted by Gasteiger charge is -2.13. The van der Waals surface area contributed by atoms with Crippen LogP contribution in [0.4, 0.5) is 0 Å². The second kappa shape index (κ2) is 8.52. The molecule has 152 valence electrons. The number of carbonyl (C=O) groups excluding carboxylic acids is 1. The number of hydrogen-bond acceptors (Lipinski definition) is 7. The summed E-state index contributed by atoms with van der Waals surface area (Å²) in [5, 5.41) is 2.82. The Labute approximate surface area is 174 Å². The van der Waals surface area contributed by atoms with Crippen LogP contribution in [0.2, 0.25) is 0 Å². The number of thiazole rings is 1. The van der Waals surface area contributed by atoms with Crippen molar-refractivity contribution in [2.75, 3.05) is 19.4 Å². The minimum absolute atomic E-state index is 0.0105. The maximum atomic E-state index is 13.2. The van der Waals surface area contributed by atoms with Gasteiger partial charge in [-0.3, -0.25) is 14.2 Å². The molecule has 29 heavy (non-hydrogen) atoms. The maximum absolute atomic E-state index is 13.2. The van der Waals surface area contributed by atoms with E-state index in [2.05, 4.69) is 10.3 Å². The molecule has 1 aliphatic rings. The van der Waals surface area contributed by atoms with Gasteiger partial charge in [-0.15, -0.1) is 11.3 Å². The monoisotopic (exact) mass is 432 g/mol. The minimum atomic E-state index is -0.584. The molecule has 3 heterocycles. The first kappa shape index (κ1) is 19.9. The van der Waals surface area contributed by atoms with E-state index in [4.69, 9.17) is 4.74 Å². The van der Waals surface area contributed by atoms with Crippen LogP contribution < -0.4 is 16.6 Å². The maximum Gasteiger partial charge on any atom is 0.337 e. The Kier molecular flexibility index (Phi) is 5.84. The van der Waals surface area contributed by atoms with E-state index in [9.17, 15) is 14.4 Å². The first-order valence-electron chi connectivity index (χ1n) is 9.22. The first-order valence-corrected chi connectivity index (χ1v) is 11.3. The van der Waals surface area contributed by atoms with Crippen LogP contribution in [0.3, 0.4) is 0 Å². The molecular formula is C19H20N4O4S2. The lowest BCUT2D eigenvalue weighted by molar-refractivity contribution is -0.122. The second-order valence-electron chi connectivity index (χ2n) is 6.62. The summed E-state index contributed by atoms with van der Waals surface area (Å²) in [6, 6.07) is 8.69. The summed E-state index contributed by atoms with van der Waals surface area (Å²) in [7, 11) is 0. The average molecular weight is 433 g/mol. The van der Waals surface area contributed by atoms with E-state index in [1.54, 1.807) is 24.3 Å². The summed E-state index contributed by atoms with van der Waals surface area (Å²) in [6.45, 7) is 0.897. The SMILES string of the molecule is CSc1nc2c(s1)c(=O)n(-c1ccccc1)c(=O)n2CC(=O)NC[C@@H]1CCCO1. The zero-order chi connectivity index (χ0) is 20.4. The number of ether oxygens (including phenoxy) is 1. The van der Waals surface area contributed by atoms with Gasteiger partial charge in [0.1, 0.15) is 11.2 Å². The Morgan fingerprint density at radius 1 is 1.34 bits per heavy atom. The summed E-state index contributed by atoms with van der Waals surface area (Å²) in [5.41, 5.74) is -0.310. The molecule has 1 aliphatic heterocycles. The predicted molar refractivity (Wildman–Crippen MR) is 113 cm³/mol. The molecule has 1 N–H and O–H groups in total. The number of nitrogens with one attached hydrogen (secondary N) is 1. The van der Waals surface area contributed by atoms with Gasteiger partial charge in [-0.25, -0.2) is 14.3 Å². The van der Waals surface area contributed by atoms with Crippen LogP contribution in [0.25, 0.3) is 16.0 Å². The Morgan fingerprint density at radius 2 is 2.14 bits per heavy atom. The molecule has 1 aromatic carbocycles. The Morgan fingerprint density at radius 3 is 2.83 bits per heavy atom. The average Bonchev–Trinajstić information content (AvgIpc) is 3.40. The molecule has 1 amide bonds. The first-order chi connectivity index (χ1) is 14.1. The minimum Gasteiger partial charge on any atom is -0.376 e. The molecular weight excluding hydrogens is 412 g/mol. The van der Waals surface area contributed by atoms with Crippen molar-refractivity contribution in [3.05, 3.63) is 51.2 Å². The molecule has 0 saturated carbocycles. The van der Waals surface area contributed by atoms with Crippen molar-refractivity contribution in [2.24, 2.45) is 0 Å². The molecule has 0 aliphatic carbocycles.